The Balaban J connectivity index is 3.25. The Hall–Kier alpha value is -1.03. The maximum Gasteiger partial charge on any atom is 0.166 e. The van der Waals surface area contributed by atoms with Gasteiger partial charge in [0.1, 0.15) is 5.82 Å². The minimum absolute atomic E-state index is 0.262. The van der Waals surface area contributed by atoms with Crippen LogP contribution in [0.15, 0.2) is 12.1 Å². The molecule has 0 bridgehead atoms. The van der Waals surface area contributed by atoms with Gasteiger partial charge in [0, 0.05) is 11.6 Å². The zero-order valence-corrected chi connectivity index (χ0v) is 7.37. The maximum atomic E-state index is 13.0. The Kier molecular flexibility index (Phi) is 2.93. The van der Waals surface area contributed by atoms with Crippen molar-refractivity contribution in [3.05, 3.63) is 35.1 Å². The van der Waals surface area contributed by atoms with Crippen LogP contribution >= 0.6 is 0 Å². The third-order valence-electron chi connectivity index (χ3n) is 1.95. The molecule has 1 aromatic rings. The van der Waals surface area contributed by atoms with Crippen LogP contribution in [0.1, 0.15) is 18.5 Å². The van der Waals surface area contributed by atoms with E-state index in [4.69, 9.17) is 0 Å². The molecule has 1 unspecified atom stereocenters. The molecule has 1 rings (SSSR count). The van der Waals surface area contributed by atoms with Crippen LogP contribution in [-0.2, 0) is 0 Å². The molecule has 0 aliphatic carbocycles. The van der Waals surface area contributed by atoms with E-state index in [-0.39, 0.29) is 5.56 Å². The summed E-state index contributed by atoms with van der Waals surface area (Å²) in [5.41, 5.74) is -0.262. The van der Waals surface area contributed by atoms with E-state index < -0.39 is 23.5 Å². The number of hydrogen-bond acceptors (Lipinski definition) is 1. The highest BCUT2D eigenvalue weighted by molar-refractivity contribution is 5.23. The van der Waals surface area contributed by atoms with Gasteiger partial charge in [-0.3, -0.25) is 0 Å². The Morgan fingerprint density at radius 1 is 1.15 bits per heavy atom. The highest BCUT2D eigenvalue weighted by atomic mass is 19.2. The molecule has 0 aliphatic rings. The second-order valence-corrected chi connectivity index (χ2v) is 2.77. The number of benzene rings is 1. The van der Waals surface area contributed by atoms with Crippen molar-refractivity contribution in [3.63, 3.8) is 0 Å². The summed E-state index contributed by atoms with van der Waals surface area (Å²) in [6.07, 6.45) is 0. The molecule has 0 saturated carbocycles. The van der Waals surface area contributed by atoms with Crippen molar-refractivity contribution in [1.29, 1.82) is 0 Å². The lowest BCUT2D eigenvalue weighted by atomic mass is 10.1. The van der Waals surface area contributed by atoms with Crippen LogP contribution in [0.25, 0.3) is 0 Å². The SMILES string of the molecule is CNC(C)c1c(F)ccc(F)c1F. The molecule has 0 amide bonds. The standard InChI is InChI=1S/C9H10F3N/c1-5(13-2)8-6(10)3-4-7(11)9(8)12/h3-5,13H,1-2H3. The highest BCUT2D eigenvalue weighted by Gasteiger charge is 2.17. The fourth-order valence-electron chi connectivity index (χ4n) is 1.08. The van der Waals surface area contributed by atoms with Crippen LogP contribution in [0.5, 0.6) is 0 Å². The average molecular weight is 189 g/mol. The first-order valence-corrected chi connectivity index (χ1v) is 3.88. The van der Waals surface area contributed by atoms with Gasteiger partial charge in [-0.05, 0) is 26.1 Å². The van der Waals surface area contributed by atoms with Gasteiger partial charge in [-0.1, -0.05) is 0 Å². The summed E-state index contributed by atoms with van der Waals surface area (Å²) in [6.45, 7) is 1.56. The fourth-order valence-corrected chi connectivity index (χ4v) is 1.08. The highest BCUT2D eigenvalue weighted by Crippen LogP contribution is 2.21. The fraction of sp³-hybridized carbons (Fsp3) is 0.333. The molecule has 1 nitrogen and oxygen atoms in total. The van der Waals surface area contributed by atoms with Gasteiger partial charge in [-0.15, -0.1) is 0 Å². The summed E-state index contributed by atoms with van der Waals surface area (Å²) in [7, 11) is 1.55. The summed E-state index contributed by atoms with van der Waals surface area (Å²) in [6, 6.07) is 1.15. The molecule has 0 saturated heterocycles. The van der Waals surface area contributed by atoms with Crippen molar-refractivity contribution in [3.8, 4) is 0 Å². The molecule has 1 aromatic carbocycles. The van der Waals surface area contributed by atoms with Gasteiger partial charge in [-0.25, -0.2) is 13.2 Å². The van der Waals surface area contributed by atoms with Crippen LogP contribution in [0.4, 0.5) is 13.2 Å². The normalized spacial score (nSPS) is 13.0. The van der Waals surface area contributed by atoms with Crippen molar-refractivity contribution in [2.45, 2.75) is 13.0 Å². The molecule has 0 radical (unpaired) electrons. The second-order valence-electron chi connectivity index (χ2n) is 2.77. The minimum Gasteiger partial charge on any atom is -0.313 e. The van der Waals surface area contributed by atoms with Crippen LogP contribution < -0.4 is 5.32 Å². The lowest BCUT2D eigenvalue weighted by Gasteiger charge is -2.12. The summed E-state index contributed by atoms with van der Waals surface area (Å²) < 4.78 is 38.8. The number of hydrogen-bond donors (Lipinski definition) is 1. The maximum absolute atomic E-state index is 13.0. The lowest BCUT2D eigenvalue weighted by molar-refractivity contribution is 0.457. The van der Waals surface area contributed by atoms with E-state index in [0.717, 1.165) is 12.1 Å². The van der Waals surface area contributed by atoms with Gasteiger partial charge < -0.3 is 5.32 Å². The van der Waals surface area contributed by atoms with Crippen LogP contribution in [0, 0.1) is 17.5 Å². The van der Waals surface area contributed by atoms with Crippen molar-refractivity contribution < 1.29 is 13.2 Å². The minimum atomic E-state index is -1.12. The van der Waals surface area contributed by atoms with Gasteiger partial charge in [-0.2, -0.15) is 0 Å². The van der Waals surface area contributed by atoms with Crippen molar-refractivity contribution in [2.75, 3.05) is 7.05 Å². The lowest BCUT2D eigenvalue weighted by Crippen LogP contribution is -2.16. The zero-order chi connectivity index (χ0) is 10.0. The quantitative estimate of drug-likeness (QED) is 0.704. The van der Waals surface area contributed by atoms with Gasteiger partial charge >= 0.3 is 0 Å². The molecular weight excluding hydrogens is 179 g/mol. The smallest absolute Gasteiger partial charge is 0.166 e. The summed E-state index contributed by atoms with van der Waals surface area (Å²) in [4.78, 5) is 0. The van der Waals surface area contributed by atoms with Crippen molar-refractivity contribution in [2.24, 2.45) is 0 Å². The van der Waals surface area contributed by atoms with Crippen LogP contribution in [-0.4, -0.2) is 7.05 Å². The number of halogens is 3. The molecule has 0 aliphatic heterocycles. The Morgan fingerprint density at radius 2 is 1.69 bits per heavy atom. The van der Waals surface area contributed by atoms with E-state index in [9.17, 15) is 13.2 Å². The monoisotopic (exact) mass is 189 g/mol. The van der Waals surface area contributed by atoms with Gasteiger partial charge in [0.15, 0.2) is 11.6 Å². The first-order valence-electron chi connectivity index (χ1n) is 3.88. The van der Waals surface area contributed by atoms with Crippen LogP contribution in [0.3, 0.4) is 0 Å². The Labute approximate surface area is 74.6 Å². The first-order chi connectivity index (χ1) is 6.07. The molecule has 0 fully saturated rings. The number of nitrogens with one attached hydrogen (secondary N) is 1. The predicted octanol–water partition coefficient (Wildman–Crippen LogP) is 2.38. The second kappa shape index (κ2) is 3.79. The first kappa shape index (κ1) is 10.1. The van der Waals surface area contributed by atoms with E-state index >= 15 is 0 Å². The third-order valence-corrected chi connectivity index (χ3v) is 1.95. The topological polar surface area (TPSA) is 12.0 Å². The third kappa shape index (κ3) is 1.83. The van der Waals surface area contributed by atoms with E-state index in [0.29, 0.717) is 0 Å². The molecule has 0 aromatic heterocycles. The molecule has 0 spiro atoms. The zero-order valence-electron chi connectivity index (χ0n) is 7.37. The van der Waals surface area contributed by atoms with E-state index in [1.807, 2.05) is 0 Å². The molecule has 4 heteroatoms. The van der Waals surface area contributed by atoms with Gasteiger partial charge in [0.25, 0.3) is 0 Å². The predicted molar refractivity (Wildman–Crippen MR) is 43.8 cm³/mol. The van der Waals surface area contributed by atoms with Crippen LogP contribution in [0.2, 0.25) is 0 Å². The Morgan fingerprint density at radius 3 is 2.23 bits per heavy atom. The summed E-state index contributed by atoms with van der Waals surface area (Å²) in [5, 5.41) is 2.64. The van der Waals surface area contributed by atoms with Crippen molar-refractivity contribution >= 4 is 0 Å². The van der Waals surface area contributed by atoms with E-state index in [1.165, 1.54) is 0 Å². The molecule has 13 heavy (non-hydrogen) atoms. The molecule has 0 heterocycles. The Bertz CT molecular complexity index is 312. The molecule has 1 atom stereocenters. The molecular formula is C9H10F3N. The largest absolute Gasteiger partial charge is 0.313 e. The van der Waals surface area contributed by atoms with E-state index in [2.05, 4.69) is 5.32 Å². The van der Waals surface area contributed by atoms with Crippen molar-refractivity contribution in [1.82, 2.24) is 5.32 Å². The van der Waals surface area contributed by atoms with Gasteiger partial charge in [0.2, 0.25) is 0 Å². The molecule has 1 N–H and O–H groups in total. The van der Waals surface area contributed by atoms with E-state index in [1.54, 1.807) is 14.0 Å². The summed E-state index contributed by atoms with van der Waals surface area (Å²) >= 11 is 0. The van der Waals surface area contributed by atoms with Gasteiger partial charge in [0.05, 0.1) is 0 Å². The number of rotatable bonds is 2. The summed E-state index contributed by atoms with van der Waals surface area (Å²) in [5.74, 6) is -2.89. The molecule has 72 valence electrons. The average Bonchev–Trinajstić information content (AvgIpc) is 2.12.